The fraction of sp³-hybridized carbons (Fsp3) is 0.500. The third kappa shape index (κ3) is 3.30. The SMILES string of the molecule is CCn1c(C)csc1=NC(=O)CCC(=O)O. The van der Waals surface area contributed by atoms with Crippen molar-refractivity contribution >= 4 is 23.2 Å². The zero-order valence-electron chi connectivity index (χ0n) is 9.27. The van der Waals surface area contributed by atoms with Crippen molar-refractivity contribution in [3.05, 3.63) is 15.9 Å². The van der Waals surface area contributed by atoms with Crippen molar-refractivity contribution in [3.63, 3.8) is 0 Å². The van der Waals surface area contributed by atoms with Crippen LogP contribution < -0.4 is 4.80 Å². The normalized spacial score (nSPS) is 11.8. The molecule has 0 unspecified atom stereocenters. The molecule has 0 saturated heterocycles. The summed E-state index contributed by atoms with van der Waals surface area (Å²) in [6.07, 6.45) is -0.213. The minimum absolute atomic E-state index is 0.0456. The number of thiazole rings is 1. The number of aryl methyl sites for hydroxylation is 1. The molecular weight excluding hydrogens is 228 g/mol. The van der Waals surface area contributed by atoms with Crippen LogP contribution in [0.15, 0.2) is 10.4 Å². The van der Waals surface area contributed by atoms with Crippen LogP contribution in [0, 0.1) is 6.92 Å². The quantitative estimate of drug-likeness (QED) is 0.861. The summed E-state index contributed by atoms with van der Waals surface area (Å²) in [5, 5.41) is 10.4. The number of rotatable bonds is 4. The first-order valence-electron chi connectivity index (χ1n) is 4.99. The minimum Gasteiger partial charge on any atom is -0.481 e. The molecular formula is C10H14N2O3S. The van der Waals surface area contributed by atoms with E-state index in [-0.39, 0.29) is 18.7 Å². The highest BCUT2D eigenvalue weighted by atomic mass is 32.1. The molecule has 1 heterocycles. The molecule has 5 nitrogen and oxygen atoms in total. The van der Waals surface area contributed by atoms with Gasteiger partial charge in [0.25, 0.3) is 0 Å². The van der Waals surface area contributed by atoms with E-state index in [9.17, 15) is 9.59 Å². The molecule has 0 fully saturated rings. The van der Waals surface area contributed by atoms with Gasteiger partial charge in [-0.3, -0.25) is 9.59 Å². The van der Waals surface area contributed by atoms with Crippen LogP contribution in [0.1, 0.15) is 25.5 Å². The van der Waals surface area contributed by atoms with E-state index in [2.05, 4.69) is 4.99 Å². The molecule has 16 heavy (non-hydrogen) atoms. The number of aromatic nitrogens is 1. The Bertz CT molecular complexity index is 459. The van der Waals surface area contributed by atoms with Crippen LogP contribution in [0.4, 0.5) is 0 Å². The van der Waals surface area contributed by atoms with Gasteiger partial charge in [0.15, 0.2) is 4.80 Å². The summed E-state index contributed by atoms with van der Waals surface area (Å²) < 4.78 is 1.92. The predicted molar refractivity (Wildman–Crippen MR) is 60.2 cm³/mol. The van der Waals surface area contributed by atoms with E-state index < -0.39 is 5.97 Å². The Kier molecular flexibility index (Phi) is 4.42. The standard InChI is InChI=1S/C10H14N2O3S/c1-3-12-7(2)6-16-10(12)11-8(13)4-5-9(14)15/h6H,3-5H2,1-2H3,(H,14,15). The van der Waals surface area contributed by atoms with Crippen LogP contribution in [0.3, 0.4) is 0 Å². The van der Waals surface area contributed by atoms with Gasteiger partial charge in [0, 0.05) is 24.0 Å². The maximum atomic E-state index is 11.4. The zero-order valence-corrected chi connectivity index (χ0v) is 10.1. The second-order valence-corrected chi connectivity index (χ2v) is 4.14. The summed E-state index contributed by atoms with van der Waals surface area (Å²) in [6.45, 7) is 4.67. The van der Waals surface area contributed by atoms with Crippen molar-refractivity contribution in [2.24, 2.45) is 4.99 Å². The van der Waals surface area contributed by atoms with Crippen molar-refractivity contribution in [1.29, 1.82) is 0 Å². The number of hydrogen-bond acceptors (Lipinski definition) is 3. The molecule has 1 aromatic heterocycles. The molecule has 0 saturated carbocycles. The number of aliphatic carboxylic acids is 1. The van der Waals surface area contributed by atoms with E-state index in [0.29, 0.717) is 4.80 Å². The number of amides is 1. The molecule has 0 aromatic carbocycles. The van der Waals surface area contributed by atoms with Crippen LogP contribution >= 0.6 is 11.3 Å². The van der Waals surface area contributed by atoms with Gasteiger partial charge in [-0.1, -0.05) is 0 Å². The number of hydrogen-bond donors (Lipinski definition) is 1. The van der Waals surface area contributed by atoms with Gasteiger partial charge >= 0.3 is 5.97 Å². The van der Waals surface area contributed by atoms with Gasteiger partial charge in [0.05, 0.1) is 6.42 Å². The van der Waals surface area contributed by atoms with Crippen molar-refractivity contribution in [2.75, 3.05) is 0 Å². The minimum atomic E-state index is -0.978. The van der Waals surface area contributed by atoms with E-state index in [1.54, 1.807) is 0 Å². The molecule has 0 bridgehead atoms. The summed E-state index contributed by atoms with van der Waals surface area (Å²) in [5.41, 5.74) is 1.05. The largest absolute Gasteiger partial charge is 0.481 e. The topological polar surface area (TPSA) is 71.7 Å². The number of carboxylic acids is 1. The highest BCUT2D eigenvalue weighted by molar-refractivity contribution is 7.07. The molecule has 1 rings (SSSR count). The van der Waals surface area contributed by atoms with Gasteiger partial charge < -0.3 is 9.67 Å². The number of carbonyl (C=O) groups excluding carboxylic acids is 1. The van der Waals surface area contributed by atoms with Gasteiger partial charge in [0.2, 0.25) is 5.91 Å². The van der Waals surface area contributed by atoms with Crippen LogP contribution in [-0.4, -0.2) is 21.6 Å². The lowest BCUT2D eigenvalue weighted by Gasteiger charge is -1.99. The second kappa shape index (κ2) is 5.60. The van der Waals surface area contributed by atoms with Crippen LogP contribution in [-0.2, 0) is 16.1 Å². The number of nitrogens with zero attached hydrogens (tertiary/aromatic N) is 2. The van der Waals surface area contributed by atoms with Gasteiger partial charge in [-0.15, -0.1) is 11.3 Å². The van der Waals surface area contributed by atoms with Crippen molar-refractivity contribution in [3.8, 4) is 0 Å². The average Bonchev–Trinajstić information content (AvgIpc) is 2.56. The Balaban J connectivity index is 2.82. The summed E-state index contributed by atoms with van der Waals surface area (Å²) in [5.74, 6) is -1.36. The molecule has 1 aromatic rings. The van der Waals surface area contributed by atoms with Gasteiger partial charge in [-0.05, 0) is 13.8 Å². The van der Waals surface area contributed by atoms with Crippen LogP contribution in [0.5, 0.6) is 0 Å². The fourth-order valence-electron chi connectivity index (χ4n) is 1.26. The lowest BCUT2D eigenvalue weighted by Crippen LogP contribution is -2.17. The lowest BCUT2D eigenvalue weighted by molar-refractivity contribution is -0.138. The molecule has 0 spiro atoms. The first-order valence-corrected chi connectivity index (χ1v) is 5.86. The summed E-state index contributed by atoms with van der Waals surface area (Å²) in [7, 11) is 0. The zero-order chi connectivity index (χ0) is 12.1. The molecule has 0 aliphatic carbocycles. The molecule has 1 N–H and O–H groups in total. The Morgan fingerprint density at radius 1 is 1.50 bits per heavy atom. The van der Waals surface area contributed by atoms with E-state index in [1.807, 2.05) is 23.8 Å². The molecule has 0 atom stereocenters. The lowest BCUT2D eigenvalue weighted by atomic mass is 10.3. The average molecular weight is 242 g/mol. The predicted octanol–water partition coefficient (Wildman–Crippen LogP) is 1.17. The molecule has 0 aliphatic rings. The van der Waals surface area contributed by atoms with Crippen molar-refractivity contribution in [1.82, 2.24) is 4.57 Å². The maximum absolute atomic E-state index is 11.4. The second-order valence-electron chi connectivity index (χ2n) is 3.30. The Labute approximate surface area is 97.1 Å². The van der Waals surface area contributed by atoms with Gasteiger partial charge in [-0.2, -0.15) is 4.99 Å². The van der Waals surface area contributed by atoms with Crippen LogP contribution in [0.25, 0.3) is 0 Å². The van der Waals surface area contributed by atoms with Gasteiger partial charge in [0.1, 0.15) is 0 Å². The van der Waals surface area contributed by atoms with E-state index in [1.165, 1.54) is 11.3 Å². The summed E-state index contributed by atoms with van der Waals surface area (Å²) in [4.78, 5) is 26.2. The first kappa shape index (κ1) is 12.6. The highest BCUT2D eigenvalue weighted by Gasteiger charge is 2.05. The third-order valence-corrected chi connectivity index (χ3v) is 3.06. The smallest absolute Gasteiger partial charge is 0.303 e. The third-order valence-electron chi connectivity index (χ3n) is 2.08. The molecule has 1 amide bonds. The van der Waals surface area contributed by atoms with E-state index >= 15 is 0 Å². The monoisotopic (exact) mass is 242 g/mol. The summed E-state index contributed by atoms with van der Waals surface area (Å²) >= 11 is 1.39. The Morgan fingerprint density at radius 3 is 2.75 bits per heavy atom. The van der Waals surface area contributed by atoms with Gasteiger partial charge in [-0.25, -0.2) is 0 Å². The molecule has 88 valence electrons. The van der Waals surface area contributed by atoms with E-state index in [4.69, 9.17) is 5.11 Å². The van der Waals surface area contributed by atoms with Crippen molar-refractivity contribution in [2.45, 2.75) is 33.2 Å². The van der Waals surface area contributed by atoms with Crippen LogP contribution in [0.2, 0.25) is 0 Å². The van der Waals surface area contributed by atoms with Crippen molar-refractivity contribution < 1.29 is 14.7 Å². The fourth-order valence-corrected chi connectivity index (χ4v) is 2.22. The summed E-state index contributed by atoms with van der Waals surface area (Å²) in [6, 6.07) is 0. The molecule has 0 radical (unpaired) electrons. The number of carbonyl (C=O) groups is 2. The molecule has 0 aliphatic heterocycles. The highest BCUT2D eigenvalue weighted by Crippen LogP contribution is 2.00. The molecule has 6 heteroatoms. The number of carboxylic acid groups (broad SMARTS) is 1. The first-order chi connectivity index (χ1) is 7.54. The maximum Gasteiger partial charge on any atom is 0.303 e. The Hall–Kier alpha value is -1.43. The Morgan fingerprint density at radius 2 is 2.19 bits per heavy atom. The van der Waals surface area contributed by atoms with E-state index in [0.717, 1.165) is 12.2 Å².